The van der Waals surface area contributed by atoms with Gasteiger partial charge in [0.2, 0.25) is 0 Å². The van der Waals surface area contributed by atoms with Crippen molar-refractivity contribution in [3.8, 4) is 6.07 Å². The minimum atomic E-state index is -4.42. The second-order valence-corrected chi connectivity index (χ2v) is 9.23. The topological polar surface area (TPSA) is 57.4 Å². The van der Waals surface area contributed by atoms with Crippen molar-refractivity contribution in [3.05, 3.63) is 143 Å². The van der Waals surface area contributed by atoms with Crippen molar-refractivity contribution in [1.29, 1.82) is 5.26 Å². The average Bonchev–Trinajstić information content (AvgIpc) is 2.99. The molecular weight excluding hydrogens is 511 g/mol. The molecule has 0 aliphatic rings. The Bertz CT molecular complexity index is 1300. The van der Waals surface area contributed by atoms with Crippen molar-refractivity contribution < 1.29 is 18.0 Å². The van der Waals surface area contributed by atoms with Gasteiger partial charge in [0, 0.05) is 13.0 Å². The van der Waals surface area contributed by atoms with Gasteiger partial charge in [0.25, 0.3) is 0 Å². The lowest BCUT2D eigenvalue weighted by atomic mass is 9.77. The Morgan fingerprint density at radius 3 is 1.68 bits per heavy atom. The number of hydrogen-bond donors (Lipinski definition) is 1. The molecule has 0 aliphatic carbocycles. The molecule has 1 N–H and O–H groups in total. The molecule has 4 aromatic carbocycles. The van der Waals surface area contributed by atoms with E-state index in [2.05, 4.69) is 52.9 Å². The van der Waals surface area contributed by atoms with E-state index in [0.717, 1.165) is 28.8 Å². The first-order valence-corrected chi connectivity index (χ1v) is 13.1. The summed E-state index contributed by atoms with van der Waals surface area (Å²) in [4.78, 5) is 5.70. The summed E-state index contributed by atoms with van der Waals surface area (Å²) in [5.41, 5.74) is 2.86. The zero-order valence-corrected chi connectivity index (χ0v) is 21.9. The fourth-order valence-electron chi connectivity index (χ4n) is 4.71. The van der Waals surface area contributed by atoms with Gasteiger partial charge in [0.15, 0.2) is 0 Å². The Labute approximate surface area is 232 Å². The van der Waals surface area contributed by atoms with Crippen molar-refractivity contribution in [2.75, 3.05) is 13.2 Å². The maximum absolute atomic E-state index is 13.0. The van der Waals surface area contributed by atoms with Gasteiger partial charge in [-0.25, -0.2) is 0 Å². The molecule has 0 fully saturated rings. The third-order valence-electron chi connectivity index (χ3n) is 6.63. The summed E-state index contributed by atoms with van der Waals surface area (Å²) < 4.78 is 39.1. The summed E-state index contributed by atoms with van der Waals surface area (Å²) in [7, 11) is 0. The third-order valence-corrected chi connectivity index (χ3v) is 6.63. The van der Waals surface area contributed by atoms with Crippen molar-refractivity contribution >= 4 is 5.71 Å². The van der Waals surface area contributed by atoms with E-state index >= 15 is 0 Å². The van der Waals surface area contributed by atoms with E-state index in [1.807, 2.05) is 54.6 Å². The first kappa shape index (κ1) is 28.6. The molecule has 0 radical (unpaired) electrons. The summed E-state index contributed by atoms with van der Waals surface area (Å²) in [6.07, 6.45) is -3.16. The molecule has 0 amide bonds. The zero-order valence-electron chi connectivity index (χ0n) is 21.9. The average molecular weight is 542 g/mol. The van der Waals surface area contributed by atoms with Crippen LogP contribution in [0.5, 0.6) is 0 Å². The monoisotopic (exact) mass is 541 g/mol. The van der Waals surface area contributed by atoms with Gasteiger partial charge in [-0.3, -0.25) is 5.32 Å². The highest BCUT2D eigenvalue weighted by atomic mass is 19.4. The highest BCUT2D eigenvalue weighted by Gasteiger charge is 2.35. The number of halogens is 3. The normalized spacial score (nSPS) is 12.1. The Morgan fingerprint density at radius 1 is 0.725 bits per heavy atom. The summed E-state index contributed by atoms with van der Waals surface area (Å²) >= 11 is 0. The molecule has 204 valence electrons. The molecule has 0 unspecified atom stereocenters. The van der Waals surface area contributed by atoms with E-state index in [0.29, 0.717) is 37.1 Å². The zero-order chi connectivity index (χ0) is 28.3. The number of alkyl halides is 3. The van der Waals surface area contributed by atoms with Gasteiger partial charge in [0.05, 0.1) is 22.9 Å². The molecule has 0 aromatic heterocycles. The predicted molar refractivity (Wildman–Crippen MR) is 151 cm³/mol. The van der Waals surface area contributed by atoms with E-state index < -0.39 is 17.3 Å². The summed E-state index contributed by atoms with van der Waals surface area (Å²) in [5, 5.41) is 16.9. The van der Waals surface area contributed by atoms with Gasteiger partial charge in [-0.1, -0.05) is 108 Å². The number of unbranched alkanes of at least 4 members (excludes halogenated alkanes) is 1. The van der Waals surface area contributed by atoms with E-state index in [4.69, 9.17) is 10.1 Å². The van der Waals surface area contributed by atoms with Gasteiger partial charge >= 0.3 is 6.18 Å². The molecule has 7 heteroatoms. The quantitative estimate of drug-likeness (QED) is 0.0865. The predicted octanol–water partition coefficient (Wildman–Crippen LogP) is 7.70. The molecule has 0 atom stereocenters. The first-order chi connectivity index (χ1) is 19.4. The molecule has 4 nitrogen and oxygen atoms in total. The highest BCUT2D eigenvalue weighted by Crippen LogP contribution is 2.36. The van der Waals surface area contributed by atoms with Gasteiger partial charge < -0.3 is 4.84 Å². The fraction of sp³-hybridized carbons (Fsp3) is 0.212. The van der Waals surface area contributed by atoms with Crippen molar-refractivity contribution in [1.82, 2.24) is 5.32 Å². The fourth-order valence-corrected chi connectivity index (χ4v) is 4.71. The number of benzene rings is 4. The van der Waals surface area contributed by atoms with Crippen LogP contribution in [0.15, 0.2) is 120 Å². The van der Waals surface area contributed by atoms with Crippen LogP contribution in [0.1, 0.15) is 47.1 Å². The summed E-state index contributed by atoms with van der Waals surface area (Å²) in [6.45, 7) is 0.650. The minimum Gasteiger partial charge on any atom is -0.394 e. The molecule has 4 aromatic rings. The Kier molecular flexibility index (Phi) is 9.71. The number of nitrogens with zero attached hydrogens (tertiary/aromatic N) is 2. The summed E-state index contributed by atoms with van der Waals surface area (Å²) in [6, 6.07) is 37.5. The van der Waals surface area contributed by atoms with Crippen LogP contribution in [0.2, 0.25) is 0 Å². The lowest BCUT2D eigenvalue weighted by Crippen LogP contribution is -2.46. The highest BCUT2D eigenvalue weighted by molar-refractivity contribution is 6.00. The molecule has 0 bridgehead atoms. The van der Waals surface area contributed by atoms with Crippen molar-refractivity contribution in [2.45, 2.75) is 31.0 Å². The number of nitrogens with one attached hydrogen (secondary N) is 1. The first-order valence-electron chi connectivity index (χ1n) is 13.1. The number of hydrogen-bond acceptors (Lipinski definition) is 4. The van der Waals surface area contributed by atoms with Crippen LogP contribution in [-0.2, 0) is 16.6 Å². The van der Waals surface area contributed by atoms with Crippen LogP contribution in [0.4, 0.5) is 13.2 Å². The van der Waals surface area contributed by atoms with E-state index in [1.165, 1.54) is 12.1 Å². The Hall–Kier alpha value is -4.41. The van der Waals surface area contributed by atoms with Gasteiger partial charge in [0.1, 0.15) is 6.61 Å². The minimum absolute atomic E-state index is 0.219. The maximum Gasteiger partial charge on any atom is 0.416 e. The Balaban J connectivity index is 1.56. The van der Waals surface area contributed by atoms with E-state index in [-0.39, 0.29) is 6.61 Å². The molecule has 0 spiro atoms. The van der Waals surface area contributed by atoms with Crippen LogP contribution >= 0.6 is 0 Å². The molecule has 4 rings (SSSR count). The lowest BCUT2D eigenvalue weighted by Gasteiger charge is -2.37. The molecular formula is C33H30F3N3O. The number of oxime groups is 1. The summed E-state index contributed by atoms with van der Waals surface area (Å²) in [5.74, 6) is 0. The largest absolute Gasteiger partial charge is 0.416 e. The van der Waals surface area contributed by atoms with Gasteiger partial charge in [-0.2, -0.15) is 18.4 Å². The van der Waals surface area contributed by atoms with E-state index in [1.54, 1.807) is 0 Å². The third kappa shape index (κ3) is 6.96. The van der Waals surface area contributed by atoms with Crippen LogP contribution in [0.25, 0.3) is 0 Å². The smallest absolute Gasteiger partial charge is 0.394 e. The molecule has 0 heterocycles. The van der Waals surface area contributed by atoms with Gasteiger partial charge in [-0.15, -0.1) is 0 Å². The number of rotatable bonds is 12. The van der Waals surface area contributed by atoms with Crippen LogP contribution < -0.4 is 5.32 Å². The van der Waals surface area contributed by atoms with E-state index in [9.17, 15) is 13.2 Å². The van der Waals surface area contributed by atoms with Crippen molar-refractivity contribution in [3.63, 3.8) is 0 Å². The molecule has 0 saturated carbocycles. The van der Waals surface area contributed by atoms with Crippen LogP contribution in [-0.4, -0.2) is 18.9 Å². The Morgan fingerprint density at radius 2 is 1.23 bits per heavy atom. The number of nitriles is 1. The lowest BCUT2D eigenvalue weighted by molar-refractivity contribution is -0.137. The molecule has 40 heavy (non-hydrogen) atoms. The van der Waals surface area contributed by atoms with Gasteiger partial charge in [-0.05, 0) is 47.2 Å². The molecule has 0 saturated heterocycles. The van der Waals surface area contributed by atoms with Crippen LogP contribution in [0.3, 0.4) is 0 Å². The molecule has 0 aliphatic heterocycles. The standard InChI is InChI=1S/C33H30F3N3O/c34-33(35,36)30-21-19-26(20-22-30)31(18-10-11-23-37)39-40-25-24-38-32(27-12-4-1-5-13-27,28-14-6-2-7-15-28)29-16-8-3-9-17-29/h1-9,12-17,19-22,38H,10-11,18,24-25H2. The SMILES string of the molecule is N#CCCCC(=NOCCNC(c1ccccc1)(c1ccccc1)c1ccccc1)c1ccc(C(F)(F)F)cc1. The second-order valence-electron chi connectivity index (χ2n) is 9.23. The second kappa shape index (κ2) is 13.6. The van der Waals surface area contributed by atoms with Crippen molar-refractivity contribution in [2.24, 2.45) is 5.16 Å². The van der Waals surface area contributed by atoms with Crippen LogP contribution in [0, 0.1) is 11.3 Å². The maximum atomic E-state index is 13.0.